The highest BCUT2D eigenvalue weighted by atomic mass is 16.5. The molecule has 0 spiro atoms. The summed E-state index contributed by atoms with van der Waals surface area (Å²) < 4.78 is 5.28. The molecular weight excluding hydrogens is 210 g/mol. The van der Waals surface area contributed by atoms with E-state index >= 15 is 0 Å². The number of aliphatic hydroxyl groups is 2. The van der Waals surface area contributed by atoms with Crippen LogP contribution in [-0.4, -0.2) is 52.8 Å². The van der Waals surface area contributed by atoms with Crippen molar-refractivity contribution >= 4 is 5.82 Å². The first kappa shape index (κ1) is 11.3. The molecule has 1 aliphatic rings. The molecule has 6 nitrogen and oxygen atoms in total. The van der Waals surface area contributed by atoms with E-state index in [0.717, 1.165) is 0 Å². The van der Waals surface area contributed by atoms with Crippen LogP contribution >= 0.6 is 0 Å². The van der Waals surface area contributed by atoms with Gasteiger partial charge in [0.05, 0.1) is 38.2 Å². The molecule has 2 N–H and O–H groups in total. The summed E-state index contributed by atoms with van der Waals surface area (Å²) in [4.78, 5) is 1.97. The van der Waals surface area contributed by atoms with Gasteiger partial charge in [0.15, 0.2) is 5.82 Å². The highest BCUT2D eigenvalue weighted by molar-refractivity contribution is 5.39. The molecule has 0 amide bonds. The van der Waals surface area contributed by atoms with Crippen LogP contribution in [0.1, 0.15) is 5.69 Å². The molecule has 1 unspecified atom stereocenters. The van der Waals surface area contributed by atoms with Crippen LogP contribution in [0.25, 0.3) is 0 Å². The van der Waals surface area contributed by atoms with Gasteiger partial charge in [-0.05, 0) is 12.1 Å². The average Bonchev–Trinajstić information content (AvgIpc) is 2.39. The zero-order chi connectivity index (χ0) is 11.4. The summed E-state index contributed by atoms with van der Waals surface area (Å²) in [5.41, 5.74) is 0.539. The number of hydrogen-bond acceptors (Lipinski definition) is 6. The molecule has 1 aromatic heterocycles. The predicted octanol–water partition coefficient (Wildman–Crippen LogP) is -0.834. The van der Waals surface area contributed by atoms with Crippen molar-refractivity contribution in [3.8, 4) is 0 Å². The summed E-state index contributed by atoms with van der Waals surface area (Å²) in [5, 5.41) is 26.0. The molecule has 6 heteroatoms. The second kappa shape index (κ2) is 5.20. The summed E-state index contributed by atoms with van der Waals surface area (Å²) in [6, 6.07) is 3.46. The number of morpholine rings is 1. The van der Waals surface area contributed by atoms with E-state index in [9.17, 15) is 5.11 Å². The molecule has 16 heavy (non-hydrogen) atoms. The summed E-state index contributed by atoms with van der Waals surface area (Å²) >= 11 is 0. The second-order valence-electron chi connectivity index (χ2n) is 3.65. The molecule has 0 aliphatic carbocycles. The molecule has 2 heterocycles. The Kier molecular flexibility index (Phi) is 3.66. The number of anilines is 1. The first-order chi connectivity index (χ1) is 7.85. The minimum atomic E-state index is -0.111. The summed E-state index contributed by atoms with van der Waals surface area (Å²) in [7, 11) is 0. The first-order valence-electron chi connectivity index (χ1n) is 5.24. The van der Waals surface area contributed by atoms with Crippen molar-refractivity contribution in [2.24, 2.45) is 0 Å². The van der Waals surface area contributed by atoms with E-state index in [4.69, 9.17) is 9.84 Å². The van der Waals surface area contributed by atoms with Crippen LogP contribution in [0.4, 0.5) is 5.82 Å². The molecule has 1 aromatic rings. The van der Waals surface area contributed by atoms with Gasteiger partial charge in [0, 0.05) is 6.54 Å². The summed E-state index contributed by atoms with van der Waals surface area (Å²) in [6.07, 6.45) is 0. The van der Waals surface area contributed by atoms with E-state index in [0.29, 0.717) is 31.3 Å². The second-order valence-corrected chi connectivity index (χ2v) is 3.65. The molecule has 1 atom stereocenters. The molecule has 1 fully saturated rings. The van der Waals surface area contributed by atoms with E-state index in [1.165, 1.54) is 0 Å². The Morgan fingerprint density at radius 2 is 2.25 bits per heavy atom. The van der Waals surface area contributed by atoms with Crippen molar-refractivity contribution in [1.82, 2.24) is 10.2 Å². The smallest absolute Gasteiger partial charge is 0.151 e. The fraction of sp³-hybridized carbons (Fsp3) is 0.600. The Labute approximate surface area is 93.5 Å². The van der Waals surface area contributed by atoms with Crippen LogP contribution in [0.2, 0.25) is 0 Å². The monoisotopic (exact) mass is 225 g/mol. The molecular formula is C10H15N3O3. The van der Waals surface area contributed by atoms with Gasteiger partial charge in [0.2, 0.25) is 0 Å². The third-order valence-electron chi connectivity index (χ3n) is 2.60. The third-order valence-corrected chi connectivity index (χ3v) is 2.60. The van der Waals surface area contributed by atoms with Crippen LogP contribution in [0, 0.1) is 0 Å². The maximum absolute atomic E-state index is 9.21. The number of aliphatic hydroxyl groups excluding tert-OH is 2. The zero-order valence-electron chi connectivity index (χ0n) is 8.91. The zero-order valence-corrected chi connectivity index (χ0v) is 8.91. The molecule has 2 rings (SSSR count). The van der Waals surface area contributed by atoms with Gasteiger partial charge < -0.3 is 19.8 Å². The Balaban J connectivity index is 2.14. The lowest BCUT2D eigenvalue weighted by Crippen LogP contribution is -2.48. The number of nitrogens with zero attached hydrogens (tertiary/aromatic N) is 3. The summed E-state index contributed by atoms with van der Waals surface area (Å²) in [5.74, 6) is 0.708. The molecule has 0 radical (unpaired) electrons. The van der Waals surface area contributed by atoms with Crippen molar-refractivity contribution in [1.29, 1.82) is 0 Å². The Morgan fingerprint density at radius 1 is 1.38 bits per heavy atom. The van der Waals surface area contributed by atoms with Crippen LogP contribution < -0.4 is 4.90 Å². The molecule has 1 aliphatic heterocycles. The van der Waals surface area contributed by atoms with Gasteiger partial charge in [-0.2, -0.15) is 5.10 Å². The Hall–Kier alpha value is -1.24. The quantitative estimate of drug-likeness (QED) is 0.699. The van der Waals surface area contributed by atoms with Crippen LogP contribution in [0.15, 0.2) is 12.1 Å². The van der Waals surface area contributed by atoms with Gasteiger partial charge in [0.25, 0.3) is 0 Å². The third kappa shape index (κ3) is 2.29. The van der Waals surface area contributed by atoms with Crippen molar-refractivity contribution in [2.75, 3.05) is 31.3 Å². The first-order valence-corrected chi connectivity index (χ1v) is 5.24. The SMILES string of the molecule is OCc1ccc(N2CCOCC2CO)nn1. The van der Waals surface area contributed by atoms with E-state index in [1.54, 1.807) is 12.1 Å². The highest BCUT2D eigenvalue weighted by Gasteiger charge is 2.23. The van der Waals surface area contributed by atoms with Gasteiger partial charge in [-0.15, -0.1) is 5.10 Å². The molecule has 0 aromatic carbocycles. The largest absolute Gasteiger partial charge is 0.394 e. The fourth-order valence-electron chi connectivity index (χ4n) is 1.70. The minimum Gasteiger partial charge on any atom is -0.394 e. The molecule has 1 saturated heterocycles. The van der Waals surface area contributed by atoms with Crippen molar-refractivity contribution in [3.05, 3.63) is 17.8 Å². The number of ether oxygens (including phenoxy) is 1. The van der Waals surface area contributed by atoms with Crippen LogP contribution in [-0.2, 0) is 11.3 Å². The van der Waals surface area contributed by atoms with E-state index in [1.807, 2.05) is 4.90 Å². The fourth-order valence-corrected chi connectivity index (χ4v) is 1.70. The Morgan fingerprint density at radius 3 is 2.88 bits per heavy atom. The van der Waals surface area contributed by atoms with Crippen molar-refractivity contribution in [3.63, 3.8) is 0 Å². The average molecular weight is 225 g/mol. The van der Waals surface area contributed by atoms with Gasteiger partial charge in [-0.3, -0.25) is 0 Å². The molecule has 0 saturated carbocycles. The lowest BCUT2D eigenvalue weighted by atomic mass is 10.2. The maximum atomic E-state index is 9.21. The highest BCUT2D eigenvalue weighted by Crippen LogP contribution is 2.16. The van der Waals surface area contributed by atoms with Crippen LogP contribution in [0.5, 0.6) is 0 Å². The van der Waals surface area contributed by atoms with Crippen molar-refractivity contribution in [2.45, 2.75) is 12.6 Å². The van der Waals surface area contributed by atoms with Gasteiger partial charge >= 0.3 is 0 Å². The number of aromatic nitrogens is 2. The topological polar surface area (TPSA) is 78.7 Å². The number of hydrogen-bond donors (Lipinski definition) is 2. The maximum Gasteiger partial charge on any atom is 0.151 e. The van der Waals surface area contributed by atoms with Crippen molar-refractivity contribution < 1.29 is 14.9 Å². The number of rotatable bonds is 3. The lowest BCUT2D eigenvalue weighted by molar-refractivity contribution is 0.0722. The predicted molar refractivity (Wildman–Crippen MR) is 57.0 cm³/mol. The van der Waals surface area contributed by atoms with Gasteiger partial charge in [0.1, 0.15) is 0 Å². The standard InChI is InChI=1S/C10H15N3O3/c14-5-8-1-2-10(12-11-8)13-3-4-16-7-9(13)6-15/h1-2,9,14-15H,3-7H2. The molecule has 88 valence electrons. The lowest BCUT2D eigenvalue weighted by Gasteiger charge is -2.34. The molecule has 0 bridgehead atoms. The van der Waals surface area contributed by atoms with E-state index in [-0.39, 0.29) is 19.3 Å². The summed E-state index contributed by atoms with van der Waals surface area (Å²) in [6.45, 7) is 1.74. The van der Waals surface area contributed by atoms with Gasteiger partial charge in [-0.25, -0.2) is 0 Å². The van der Waals surface area contributed by atoms with E-state index < -0.39 is 0 Å². The van der Waals surface area contributed by atoms with E-state index in [2.05, 4.69) is 10.2 Å². The van der Waals surface area contributed by atoms with Gasteiger partial charge in [-0.1, -0.05) is 0 Å². The van der Waals surface area contributed by atoms with Crippen LogP contribution in [0.3, 0.4) is 0 Å². The minimum absolute atomic E-state index is 0.0312. The normalized spacial score (nSPS) is 21.1. The Bertz CT molecular complexity index is 331.